The molecule has 6 heteroatoms. The molecule has 0 spiro atoms. The first-order valence-electron chi connectivity index (χ1n) is 6.44. The molecule has 114 valence electrons. The van der Waals surface area contributed by atoms with Crippen molar-refractivity contribution in [2.75, 3.05) is 34.5 Å². The summed E-state index contributed by atoms with van der Waals surface area (Å²) in [6.45, 7) is 1.59. The first kappa shape index (κ1) is 16.6. The summed E-state index contributed by atoms with van der Waals surface area (Å²) in [4.78, 5) is 0. The number of hydrogen-bond donors (Lipinski definition) is 3. The van der Waals surface area contributed by atoms with Gasteiger partial charge in [-0.2, -0.15) is 0 Å². The molecular weight excluding hydrogens is 262 g/mol. The van der Waals surface area contributed by atoms with Crippen LogP contribution in [0.15, 0.2) is 12.1 Å². The van der Waals surface area contributed by atoms with E-state index in [2.05, 4.69) is 5.32 Å². The van der Waals surface area contributed by atoms with Crippen molar-refractivity contribution < 1.29 is 24.4 Å². The predicted octanol–water partition coefficient (Wildman–Crippen LogP) is 0.896. The van der Waals surface area contributed by atoms with Gasteiger partial charge in [-0.15, -0.1) is 0 Å². The molecule has 1 aromatic carbocycles. The van der Waals surface area contributed by atoms with Gasteiger partial charge >= 0.3 is 0 Å². The molecule has 0 aromatic heterocycles. The fourth-order valence-electron chi connectivity index (χ4n) is 1.83. The van der Waals surface area contributed by atoms with E-state index in [1.165, 1.54) is 14.2 Å². The van der Waals surface area contributed by atoms with Gasteiger partial charge in [-0.25, -0.2) is 0 Å². The Morgan fingerprint density at radius 3 is 2.25 bits per heavy atom. The number of aromatic hydroxyl groups is 1. The second-order valence-corrected chi connectivity index (χ2v) is 4.42. The lowest BCUT2D eigenvalue weighted by atomic mass is 10.1. The first-order chi connectivity index (χ1) is 9.62. The zero-order valence-corrected chi connectivity index (χ0v) is 12.2. The van der Waals surface area contributed by atoms with Crippen LogP contribution >= 0.6 is 0 Å². The number of rotatable bonds is 9. The lowest BCUT2D eigenvalue weighted by molar-refractivity contribution is 0.0594. The summed E-state index contributed by atoms with van der Waals surface area (Å²) >= 11 is 0. The molecule has 0 saturated carbocycles. The fourth-order valence-corrected chi connectivity index (χ4v) is 1.83. The van der Waals surface area contributed by atoms with E-state index in [1.807, 2.05) is 0 Å². The second-order valence-electron chi connectivity index (χ2n) is 4.42. The number of aliphatic hydroxyl groups is 1. The fraction of sp³-hybridized carbons (Fsp3) is 0.571. The van der Waals surface area contributed by atoms with E-state index in [9.17, 15) is 10.2 Å². The molecule has 0 radical (unpaired) electrons. The van der Waals surface area contributed by atoms with E-state index < -0.39 is 6.10 Å². The highest BCUT2D eigenvalue weighted by atomic mass is 16.5. The molecule has 0 aliphatic rings. The van der Waals surface area contributed by atoms with Crippen molar-refractivity contribution >= 4 is 0 Å². The minimum Gasteiger partial charge on any atom is -0.502 e. The van der Waals surface area contributed by atoms with Crippen LogP contribution in [0.2, 0.25) is 0 Å². The molecule has 1 atom stereocenters. The third-order valence-corrected chi connectivity index (χ3v) is 2.88. The van der Waals surface area contributed by atoms with E-state index >= 15 is 0 Å². The van der Waals surface area contributed by atoms with E-state index in [-0.39, 0.29) is 5.75 Å². The van der Waals surface area contributed by atoms with Crippen LogP contribution in [0.25, 0.3) is 0 Å². The molecule has 1 unspecified atom stereocenters. The molecule has 0 bridgehead atoms. The van der Waals surface area contributed by atoms with E-state index in [4.69, 9.17) is 14.2 Å². The smallest absolute Gasteiger partial charge is 0.200 e. The summed E-state index contributed by atoms with van der Waals surface area (Å²) in [5.41, 5.74) is 0.928. The van der Waals surface area contributed by atoms with Crippen molar-refractivity contribution in [3.63, 3.8) is 0 Å². The van der Waals surface area contributed by atoms with Crippen molar-refractivity contribution in [1.29, 1.82) is 0 Å². The predicted molar refractivity (Wildman–Crippen MR) is 75.4 cm³/mol. The average Bonchev–Trinajstić information content (AvgIpc) is 2.45. The Bertz CT molecular complexity index is 386. The third-order valence-electron chi connectivity index (χ3n) is 2.88. The summed E-state index contributed by atoms with van der Waals surface area (Å²) in [5.74, 6) is 0.746. The Labute approximate surface area is 119 Å². The highest BCUT2D eigenvalue weighted by Crippen LogP contribution is 2.36. The summed E-state index contributed by atoms with van der Waals surface area (Å²) in [5, 5.41) is 22.5. The van der Waals surface area contributed by atoms with Crippen molar-refractivity contribution in [1.82, 2.24) is 5.32 Å². The minimum atomic E-state index is -0.462. The second kappa shape index (κ2) is 8.63. The highest BCUT2D eigenvalue weighted by molar-refractivity contribution is 5.52. The Morgan fingerprint density at radius 2 is 1.75 bits per heavy atom. The Morgan fingerprint density at radius 1 is 1.15 bits per heavy atom. The quantitative estimate of drug-likeness (QED) is 0.585. The number of benzene rings is 1. The number of ether oxygens (including phenoxy) is 3. The van der Waals surface area contributed by atoms with E-state index in [1.54, 1.807) is 19.2 Å². The standard InChI is InChI=1S/C14H23NO5/c1-18-9-11(16)4-5-15-8-10-6-12(19-2)14(17)13(7-10)20-3/h6-7,11,15-17H,4-5,8-9H2,1-3H3. The molecule has 0 heterocycles. The van der Waals surface area contributed by atoms with E-state index in [0.29, 0.717) is 37.6 Å². The van der Waals surface area contributed by atoms with Gasteiger partial charge in [0.15, 0.2) is 11.5 Å². The normalized spacial score (nSPS) is 12.2. The SMILES string of the molecule is COCC(O)CCNCc1cc(OC)c(O)c(OC)c1. The molecule has 20 heavy (non-hydrogen) atoms. The van der Waals surface area contributed by atoms with Crippen molar-refractivity contribution in [2.45, 2.75) is 19.1 Å². The lowest BCUT2D eigenvalue weighted by Gasteiger charge is -2.13. The Hall–Kier alpha value is -1.50. The third kappa shape index (κ3) is 4.88. The van der Waals surface area contributed by atoms with Crippen LogP contribution in [-0.4, -0.2) is 50.8 Å². The van der Waals surface area contributed by atoms with Crippen LogP contribution in [0.5, 0.6) is 17.2 Å². The van der Waals surface area contributed by atoms with Crippen LogP contribution < -0.4 is 14.8 Å². The summed E-state index contributed by atoms with van der Waals surface area (Å²) < 4.78 is 15.0. The van der Waals surface area contributed by atoms with Crippen LogP contribution in [0.4, 0.5) is 0 Å². The van der Waals surface area contributed by atoms with E-state index in [0.717, 1.165) is 5.56 Å². The van der Waals surface area contributed by atoms with Crippen molar-refractivity contribution in [3.05, 3.63) is 17.7 Å². The molecule has 1 rings (SSSR count). The molecular formula is C14H23NO5. The molecule has 0 amide bonds. The van der Waals surface area contributed by atoms with Gasteiger partial charge in [-0.3, -0.25) is 0 Å². The lowest BCUT2D eigenvalue weighted by Crippen LogP contribution is -2.23. The topological polar surface area (TPSA) is 80.2 Å². The summed E-state index contributed by atoms with van der Waals surface area (Å²) in [6, 6.07) is 3.49. The zero-order chi connectivity index (χ0) is 15.0. The minimum absolute atomic E-state index is 0.00531. The van der Waals surface area contributed by atoms with Crippen molar-refractivity contribution in [2.24, 2.45) is 0 Å². The van der Waals surface area contributed by atoms with Gasteiger partial charge in [0, 0.05) is 13.7 Å². The van der Waals surface area contributed by atoms with Crippen LogP contribution in [0, 0.1) is 0 Å². The molecule has 0 saturated heterocycles. The number of hydrogen-bond acceptors (Lipinski definition) is 6. The van der Waals surface area contributed by atoms with Crippen LogP contribution in [0.3, 0.4) is 0 Å². The Balaban J connectivity index is 2.51. The monoisotopic (exact) mass is 285 g/mol. The summed E-state index contributed by atoms with van der Waals surface area (Å²) in [7, 11) is 4.55. The maximum Gasteiger partial charge on any atom is 0.200 e. The average molecular weight is 285 g/mol. The maximum absolute atomic E-state index is 9.80. The zero-order valence-electron chi connectivity index (χ0n) is 12.2. The molecule has 0 aliphatic heterocycles. The maximum atomic E-state index is 9.80. The molecule has 1 aromatic rings. The van der Waals surface area contributed by atoms with Gasteiger partial charge in [0.05, 0.1) is 26.9 Å². The van der Waals surface area contributed by atoms with Crippen LogP contribution in [0.1, 0.15) is 12.0 Å². The van der Waals surface area contributed by atoms with Gasteiger partial charge in [0.25, 0.3) is 0 Å². The Kier molecular flexibility index (Phi) is 7.14. The molecule has 0 aliphatic carbocycles. The number of nitrogens with one attached hydrogen (secondary N) is 1. The van der Waals surface area contributed by atoms with Gasteiger partial charge in [0.2, 0.25) is 5.75 Å². The van der Waals surface area contributed by atoms with Gasteiger partial charge < -0.3 is 29.7 Å². The molecule has 0 fully saturated rings. The largest absolute Gasteiger partial charge is 0.502 e. The highest BCUT2D eigenvalue weighted by Gasteiger charge is 2.11. The first-order valence-corrected chi connectivity index (χ1v) is 6.44. The number of methoxy groups -OCH3 is 3. The molecule has 6 nitrogen and oxygen atoms in total. The van der Waals surface area contributed by atoms with Gasteiger partial charge in [0.1, 0.15) is 0 Å². The number of phenolic OH excluding ortho intramolecular Hbond substituents is 1. The van der Waals surface area contributed by atoms with Crippen molar-refractivity contribution in [3.8, 4) is 17.2 Å². The van der Waals surface area contributed by atoms with Crippen LogP contribution in [-0.2, 0) is 11.3 Å². The number of aliphatic hydroxyl groups excluding tert-OH is 1. The van der Waals surface area contributed by atoms with Gasteiger partial charge in [-0.05, 0) is 30.7 Å². The van der Waals surface area contributed by atoms with Gasteiger partial charge in [-0.1, -0.05) is 0 Å². The number of phenols is 1. The summed E-state index contributed by atoms with van der Waals surface area (Å²) in [6.07, 6.45) is 0.150. The molecule has 3 N–H and O–H groups in total.